The van der Waals surface area contributed by atoms with Crippen LogP contribution in [0.4, 0.5) is 0 Å². The minimum atomic E-state index is -0.234. The van der Waals surface area contributed by atoms with Crippen molar-refractivity contribution >= 4 is 22.2 Å². The van der Waals surface area contributed by atoms with Gasteiger partial charge in [-0.25, -0.2) is 0 Å². The van der Waals surface area contributed by atoms with Gasteiger partial charge in [0.15, 0.2) is 6.29 Å². The zero-order chi connectivity index (χ0) is 15.7. The normalized spacial score (nSPS) is 27.7. The van der Waals surface area contributed by atoms with Crippen LogP contribution in [-0.4, -0.2) is 25.5 Å². The number of carbonyl (C=O) groups is 1. The van der Waals surface area contributed by atoms with Crippen molar-refractivity contribution in [3.05, 3.63) is 12.2 Å². The third-order valence-electron chi connectivity index (χ3n) is 4.24. The topological polar surface area (TPSA) is 44.8 Å². The number of rotatable bonds is 8. The van der Waals surface area contributed by atoms with E-state index in [-0.39, 0.29) is 18.4 Å². The van der Waals surface area contributed by atoms with Crippen molar-refractivity contribution in [3.63, 3.8) is 0 Å². The van der Waals surface area contributed by atoms with Gasteiger partial charge in [-0.3, -0.25) is 8.62 Å². The lowest BCUT2D eigenvalue weighted by molar-refractivity contribution is -0.182. The first kappa shape index (κ1) is 18.7. The summed E-state index contributed by atoms with van der Waals surface area (Å²) < 4.78 is 16.0. The second kappa shape index (κ2) is 10.4. The van der Waals surface area contributed by atoms with Gasteiger partial charge in [0.1, 0.15) is 16.3 Å². The van der Waals surface area contributed by atoms with Gasteiger partial charge in [-0.05, 0) is 44.9 Å². The summed E-state index contributed by atoms with van der Waals surface area (Å²) in [5.74, 6) is 0.756. The van der Waals surface area contributed by atoms with Gasteiger partial charge in [-0.2, -0.15) is 0 Å². The Labute approximate surface area is 136 Å². The van der Waals surface area contributed by atoms with Crippen molar-refractivity contribution in [1.82, 2.24) is 0 Å². The zero-order valence-electron chi connectivity index (χ0n) is 13.2. The van der Waals surface area contributed by atoms with Crippen LogP contribution < -0.4 is 0 Å². The average molecular weight is 363 g/mol. The monoisotopic (exact) mass is 362 g/mol. The van der Waals surface area contributed by atoms with Crippen molar-refractivity contribution in [2.24, 2.45) is 11.8 Å². The highest BCUT2D eigenvalue weighted by atomic mass is 79.9. The third-order valence-corrected chi connectivity index (χ3v) is 4.61. The quantitative estimate of drug-likeness (QED) is 0.474. The van der Waals surface area contributed by atoms with Crippen molar-refractivity contribution in [1.29, 1.82) is 0 Å². The molecular formula is C16H27BrO4. The third kappa shape index (κ3) is 6.49. The Kier molecular flexibility index (Phi) is 9.20. The lowest BCUT2D eigenvalue weighted by Gasteiger charge is -2.37. The van der Waals surface area contributed by atoms with Gasteiger partial charge < -0.3 is 9.47 Å². The molecule has 1 rings (SSSR count). The molecule has 1 aliphatic heterocycles. The van der Waals surface area contributed by atoms with Crippen LogP contribution in [0.5, 0.6) is 0 Å². The minimum absolute atomic E-state index is 0.0747. The maximum atomic E-state index is 11.2. The molecule has 5 heteroatoms. The standard InChI is InChI=1S/C16H27BrO4/c1-4-5-6-7-12(2)14-10-8-13(20-16(14)21-17)9-11-15(18)19-3/h4-5,12-14,16H,6-11H2,1-3H3. The predicted molar refractivity (Wildman–Crippen MR) is 85.9 cm³/mol. The molecule has 4 nitrogen and oxygen atoms in total. The molecule has 0 aliphatic carbocycles. The SMILES string of the molecule is CC=CCCC(C)C1CCC(CCC(=O)OC)OC1OBr. The van der Waals surface area contributed by atoms with E-state index in [1.807, 2.05) is 6.92 Å². The van der Waals surface area contributed by atoms with Gasteiger partial charge >= 0.3 is 5.97 Å². The van der Waals surface area contributed by atoms with E-state index in [0.717, 1.165) is 25.7 Å². The molecule has 0 spiro atoms. The van der Waals surface area contributed by atoms with E-state index in [1.54, 1.807) is 0 Å². The molecule has 0 aromatic carbocycles. The molecule has 1 saturated heterocycles. The summed E-state index contributed by atoms with van der Waals surface area (Å²) in [4.78, 5) is 11.2. The summed E-state index contributed by atoms with van der Waals surface area (Å²) in [6.45, 7) is 4.30. The molecule has 0 aromatic rings. The fraction of sp³-hybridized carbons (Fsp3) is 0.812. The summed E-state index contributed by atoms with van der Waals surface area (Å²) in [6.07, 6.45) is 9.49. The molecule has 1 aliphatic rings. The van der Waals surface area contributed by atoms with Gasteiger partial charge in [0.25, 0.3) is 0 Å². The molecular weight excluding hydrogens is 336 g/mol. The first-order valence-electron chi connectivity index (χ1n) is 7.73. The number of hydrogen-bond donors (Lipinski definition) is 0. The molecule has 0 radical (unpaired) electrons. The van der Waals surface area contributed by atoms with Gasteiger partial charge in [0.2, 0.25) is 0 Å². The van der Waals surface area contributed by atoms with Gasteiger partial charge in [-0.15, -0.1) is 0 Å². The van der Waals surface area contributed by atoms with Crippen LogP contribution in [0, 0.1) is 11.8 Å². The van der Waals surface area contributed by atoms with Crippen LogP contribution in [-0.2, 0) is 18.1 Å². The maximum absolute atomic E-state index is 11.2. The molecule has 0 N–H and O–H groups in total. The van der Waals surface area contributed by atoms with Crippen LogP contribution in [0.15, 0.2) is 12.2 Å². The number of halogens is 1. The van der Waals surface area contributed by atoms with Crippen molar-refractivity contribution in [2.75, 3.05) is 7.11 Å². The molecule has 0 aromatic heterocycles. The van der Waals surface area contributed by atoms with E-state index < -0.39 is 0 Å². The van der Waals surface area contributed by atoms with Crippen LogP contribution >= 0.6 is 16.3 Å². The maximum Gasteiger partial charge on any atom is 0.305 e. The van der Waals surface area contributed by atoms with Crippen LogP contribution in [0.3, 0.4) is 0 Å². The average Bonchev–Trinajstić information content (AvgIpc) is 2.52. The zero-order valence-corrected chi connectivity index (χ0v) is 14.8. The first-order valence-corrected chi connectivity index (χ1v) is 8.37. The lowest BCUT2D eigenvalue weighted by atomic mass is 9.83. The number of hydrogen-bond acceptors (Lipinski definition) is 4. The molecule has 1 fully saturated rings. The Bertz CT molecular complexity index is 332. The van der Waals surface area contributed by atoms with E-state index >= 15 is 0 Å². The highest BCUT2D eigenvalue weighted by Crippen LogP contribution is 2.35. The fourth-order valence-corrected chi connectivity index (χ4v) is 3.21. The van der Waals surface area contributed by atoms with Crippen LogP contribution in [0.2, 0.25) is 0 Å². The van der Waals surface area contributed by atoms with Crippen molar-refractivity contribution in [2.45, 2.75) is 64.8 Å². The van der Waals surface area contributed by atoms with Gasteiger partial charge in [0.05, 0.1) is 13.2 Å². The van der Waals surface area contributed by atoms with Crippen LogP contribution in [0.25, 0.3) is 0 Å². The summed E-state index contributed by atoms with van der Waals surface area (Å²) in [5.41, 5.74) is 0. The molecule has 4 atom stereocenters. The van der Waals surface area contributed by atoms with Gasteiger partial charge in [-0.1, -0.05) is 19.1 Å². The highest BCUT2D eigenvalue weighted by molar-refractivity contribution is 9.06. The summed E-state index contributed by atoms with van der Waals surface area (Å²) >= 11 is 3.09. The fourth-order valence-electron chi connectivity index (χ4n) is 2.85. The number of methoxy groups -OCH3 is 1. The molecule has 4 unspecified atom stereocenters. The minimum Gasteiger partial charge on any atom is -0.469 e. The van der Waals surface area contributed by atoms with E-state index in [4.69, 9.17) is 8.57 Å². The summed E-state index contributed by atoms with van der Waals surface area (Å²) in [7, 11) is 1.41. The second-order valence-electron chi connectivity index (χ2n) is 5.70. The van der Waals surface area contributed by atoms with E-state index in [2.05, 4.69) is 40.1 Å². The predicted octanol–water partition coefficient (Wildman–Crippen LogP) is 4.38. The number of esters is 1. The smallest absolute Gasteiger partial charge is 0.305 e. The number of ether oxygens (including phenoxy) is 2. The Hall–Kier alpha value is -0.390. The second-order valence-corrected chi connectivity index (χ2v) is 6.07. The first-order chi connectivity index (χ1) is 10.1. The summed E-state index contributed by atoms with van der Waals surface area (Å²) in [6, 6.07) is 0. The molecule has 0 amide bonds. The Balaban J connectivity index is 2.43. The Morgan fingerprint density at radius 1 is 1.48 bits per heavy atom. The van der Waals surface area contributed by atoms with E-state index in [1.165, 1.54) is 7.11 Å². The largest absolute Gasteiger partial charge is 0.469 e. The molecule has 21 heavy (non-hydrogen) atoms. The summed E-state index contributed by atoms with van der Waals surface area (Å²) in [5, 5.41) is 0. The van der Waals surface area contributed by atoms with E-state index in [9.17, 15) is 4.79 Å². The highest BCUT2D eigenvalue weighted by Gasteiger charge is 2.35. The molecule has 122 valence electrons. The Morgan fingerprint density at radius 3 is 2.86 bits per heavy atom. The molecule has 1 heterocycles. The number of allylic oxidation sites excluding steroid dienone is 2. The van der Waals surface area contributed by atoms with Crippen molar-refractivity contribution < 1.29 is 18.1 Å². The number of carbonyl (C=O) groups excluding carboxylic acids is 1. The molecule has 0 saturated carbocycles. The Morgan fingerprint density at radius 2 is 2.24 bits per heavy atom. The van der Waals surface area contributed by atoms with Crippen molar-refractivity contribution in [3.8, 4) is 0 Å². The van der Waals surface area contributed by atoms with Crippen LogP contribution in [0.1, 0.15) is 52.4 Å². The van der Waals surface area contributed by atoms with E-state index in [0.29, 0.717) is 24.7 Å². The lowest BCUT2D eigenvalue weighted by Crippen LogP contribution is -2.38. The molecule has 0 bridgehead atoms. The van der Waals surface area contributed by atoms with Gasteiger partial charge in [0, 0.05) is 12.3 Å².